The molecule has 1 aromatic rings. The average Bonchev–Trinajstić information content (AvgIpc) is 2.57. The van der Waals surface area contributed by atoms with Crippen LogP contribution in [0.15, 0.2) is 24.3 Å². The molecular formula is C17H26N2O4. The maximum atomic E-state index is 11.8. The Morgan fingerprint density at radius 2 is 2.04 bits per heavy atom. The molecule has 1 fully saturated rings. The fourth-order valence-electron chi connectivity index (χ4n) is 2.65. The van der Waals surface area contributed by atoms with Crippen LogP contribution in [0, 0.1) is 5.92 Å². The number of urea groups is 1. The molecular weight excluding hydrogens is 296 g/mol. The molecule has 1 heterocycles. The van der Waals surface area contributed by atoms with Crippen LogP contribution in [0.25, 0.3) is 0 Å². The summed E-state index contributed by atoms with van der Waals surface area (Å²) in [6.45, 7) is 4.42. The van der Waals surface area contributed by atoms with E-state index in [2.05, 4.69) is 10.6 Å². The van der Waals surface area contributed by atoms with Gasteiger partial charge in [-0.3, -0.25) is 0 Å². The van der Waals surface area contributed by atoms with Gasteiger partial charge in [0.25, 0.3) is 0 Å². The molecule has 3 N–H and O–H groups in total. The van der Waals surface area contributed by atoms with Crippen LogP contribution >= 0.6 is 0 Å². The van der Waals surface area contributed by atoms with E-state index in [0.29, 0.717) is 38.5 Å². The summed E-state index contributed by atoms with van der Waals surface area (Å²) in [7, 11) is 0. The van der Waals surface area contributed by atoms with Crippen LogP contribution in [0.1, 0.15) is 26.2 Å². The smallest absolute Gasteiger partial charge is 0.319 e. The largest absolute Gasteiger partial charge is 0.494 e. The predicted molar refractivity (Wildman–Crippen MR) is 88.8 cm³/mol. The lowest BCUT2D eigenvalue weighted by Crippen LogP contribution is -2.34. The Bertz CT molecular complexity index is 472. The molecule has 0 bridgehead atoms. The fourth-order valence-corrected chi connectivity index (χ4v) is 2.65. The summed E-state index contributed by atoms with van der Waals surface area (Å²) in [6.07, 6.45) is 1.95. The van der Waals surface area contributed by atoms with Crippen LogP contribution in [0.2, 0.25) is 0 Å². The lowest BCUT2D eigenvalue weighted by atomic mass is 9.92. The highest BCUT2D eigenvalue weighted by Gasteiger charge is 2.21. The Kier molecular flexibility index (Phi) is 7.16. The van der Waals surface area contributed by atoms with Crippen molar-refractivity contribution in [2.24, 2.45) is 5.92 Å². The second-order valence-corrected chi connectivity index (χ2v) is 5.64. The van der Waals surface area contributed by atoms with E-state index in [0.717, 1.165) is 18.6 Å². The molecule has 6 heteroatoms. The number of aliphatic hydroxyl groups excluding tert-OH is 1. The molecule has 0 radical (unpaired) electrons. The van der Waals surface area contributed by atoms with E-state index < -0.39 is 0 Å². The van der Waals surface area contributed by atoms with E-state index >= 15 is 0 Å². The van der Waals surface area contributed by atoms with Gasteiger partial charge in [-0.15, -0.1) is 0 Å². The SMILES string of the molecule is CCOc1ccc(NC(=O)NCCC(O)C2CCOCC2)cc1. The molecule has 2 amide bonds. The van der Waals surface area contributed by atoms with E-state index in [1.165, 1.54) is 0 Å². The molecule has 0 saturated carbocycles. The molecule has 2 rings (SSSR count). The third-order valence-corrected chi connectivity index (χ3v) is 3.96. The quantitative estimate of drug-likeness (QED) is 0.720. The zero-order chi connectivity index (χ0) is 16.5. The van der Waals surface area contributed by atoms with Gasteiger partial charge in [0.15, 0.2) is 0 Å². The summed E-state index contributed by atoms with van der Waals surface area (Å²) in [5.41, 5.74) is 0.705. The van der Waals surface area contributed by atoms with Gasteiger partial charge in [0.1, 0.15) is 5.75 Å². The number of benzene rings is 1. The minimum atomic E-state index is -0.385. The number of nitrogens with one attached hydrogen (secondary N) is 2. The zero-order valence-corrected chi connectivity index (χ0v) is 13.6. The predicted octanol–water partition coefficient (Wildman–Crippen LogP) is 2.38. The summed E-state index contributed by atoms with van der Waals surface area (Å²) in [6, 6.07) is 6.94. The number of anilines is 1. The minimum absolute atomic E-state index is 0.270. The van der Waals surface area contributed by atoms with E-state index in [1.807, 2.05) is 19.1 Å². The molecule has 0 aromatic heterocycles. The first-order chi connectivity index (χ1) is 11.2. The summed E-state index contributed by atoms with van der Waals surface area (Å²) in [4.78, 5) is 11.8. The monoisotopic (exact) mass is 322 g/mol. The van der Waals surface area contributed by atoms with Gasteiger partial charge in [-0.1, -0.05) is 0 Å². The van der Waals surface area contributed by atoms with Crippen molar-refractivity contribution < 1.29 is 19.4 Å². The maximum Gasteiger partial charge on any atom is 0.319 e. The molecule has 0 aliphatic carbocycles. The number of carbonyl (C=O) groups excluding carboxylic acids is 1. The maximum absolute atomic E-state index is 11.8. The highest BCUT2D eigenvalue weighted by atomic mass is 16.5. The first-order valence-corrected chi connectivity index (χ1v) is 8.22. The molecule has 1 aromatic carbocycles. The molecule has 0 spiro atoms. The van der Waals surface area contributed by atoms with Crippen LogP contribution in [-0.4, -0.2) is 43.6 Å². The normalized spacial score (nSPS) is 16.6. The third-order valence-electron chi connectivity index (χ3n) is 3.96. The second kappa shape index (κ2) is 9.37. The van der Waals surface area contributed by atoms with Crippen molar-refractivity contribution in [1.29, 1.82) is 0 Å². The van der Waals surface area contributed by atoms with E-state index in [9.17, 15) is 9.90 Å². The van der Waals surface area contributed by atoms with Crippen molar-refractivity contribution in [2.45, 2.75) is 32.3 Å². The van der Waals surface area contributed by atoms with Crippen LogP contribution in [-0.2, 0) is 4.74 Å². The number of hydrogen-bond acceptors (Lipinski definition) is 4. The summed E-state index contributed by atoms with van der Waals surface area (Å²) in [5, 5.41) is 15.6. The highest BCUT2D eigenvalue weighted by molar-refractivity contribution is 5.89. The fraction of sp³-hybridized carbons (Fsp3) is 0.588. The second-order valence-electron chi connectivity index (χ2n) is 5.64. The number of ether oxygens (including phenoxy) is 2. The van der Waals surface area contributed by atoms with Gasteiger partial charge in [-0.05, 0) is 56.4 Å². The Morgan fingerprint density at radius 3 is 2.70 bits per heavy atom. The summed E-state index contributed by atoms with van der Waals surface area (Å²) >= 11 is 0. The van der Waals surface area contributed by atoms with Crippen LogP contribution in [0.5, 0.6) is 5.75 Å². The van der Waals surface area contributed by atoms with Crippen molar-refractivity contribution in [3.63, 3.8) is 0 Å². The van der Waals surface area contributed by atoms with E-state index in [-0.39, 0.29) is 18.1 Å². The minimum Gasteiger partial charge on any atom is -0.494 e. The zero-order valence-electron chi connectivity index (χ0n) is 13.6. The van der Waals surface area contributed by atoms with Gasteiger partial charge in [0.2, 0.25) is 0 Å². The topological polar surface area (TPSA) is 79.8 Å². The van der Waals surface area contributed by atoms with Crippen LogP contribution in [0.4, 0.5) is 10.5 Å². The number of carbonyl (C=O) groups is 1. The number of aliphatic hydroxyl groups is 1. The molecule has 23 heavy (non-hydrogen) atoms. The molecule has 6 nitrogen and oxygen atoms in total. The summed E-state index contributed by atoms with van der Waals surface area (Å²) < 4.78 is 10.6. The Hall–Kier alpha value is -1.79. The third kappa shape index (κ3) is 6.08. The highest BCUT2D eigenvalue weighted by Crippen LogP contribution is 2.20. The van der Waals surface area contributed by atoms with E-state index in [4.69, 9.17) is 9.47 Å². The van der Waals surface area contributed by atoms with Crippen molar-refractivity contribution >= 4 is 11.7 Å². The van der Waals surface area contributed by atoms with E-state index in [1.54, 1.807) is 12.1 Å². The van der Waals surface area contributed by atoms with Crippen molar-refractivity contribution in [1.82, 2.24) is 5.32 Å². The van der Waals surface area contributed by atoms with Crippen molar-refractivity contribution in [3.05, 3.63) is 24.3 Å². The van der Waals surface area contributed by atoms with Crippen LogP contribution in [0.3, 0.4) is 0 Å². The first kappa shape index (κ1) is 17.6. The standard InChI is InChI=1S/C17H26N2O4/c1-2-23-15-5-3-14(4-6-15)19-17(21)18-10-7-16(20)13-8-11-22-12-9-13/h3-6,13,16,20H,2,7-12H2,1H3,(H2,18,19,21). The lowest BCUT2D eigenvalue weighted by molar-refractivity contribution is 0.00549. The molecule has 1 atom stereocenters. The number of amides is 2. The lowest BCUT2D eigenvalue weighted by Gasteiger charge is -2.26. The van der Waals surface area contributed by atoms with Gasteiger partial charge in [0.05, 0.1) is 12.7 Å². The molecule has 1 unspecified atom stereocenters. The van der Waals surface area contributed by atoms with Gasteiger partial charge in [-0.25, -0.2) is 4.79 Å². The van der Waals surface area contributed by atoms with Crippen molar-refractivity contribution in [2.75, 3.05) is 31.7 Å². The molecule has 1 aliphatic heterocycles. The molecule has 1 saturated heterocycles. The Morgan fingerprint density at radius 1 is 1.35 bits per heavy atom. The Balaban J connectivity index is 1.66. The molecule has 128 valence electrons. The Labute approximate surface area is 137 Å². The van der Waals surface area contributed by atoms with Gasteiger partial charge in [0, 0.05) is 25.4 Å². The van der Waals surface area contributed by atoms with Crippen molar-refractivity contribution in [3.8, 4) is 5.75 Å². The first-order valence-electron chi connectivity index (χ1n) is 8.22. The van der Waals surface area contributed by atoms with Gasteiger partial charge < -0.3 is 25.2 Å². The average molecular weight is 322 g/mol. The van der Waals surface area contributed by atoms with Crippen LogP contribution < -0.4 is 15.4 Å². The number of hydrogen-bond donors (Lipinski definition) is 3. The van der Waals surface area contributed by atoms with Gasteiger partial charge >= 0.3 is 6.03 Å². The van der Waals surface area contributed by atoms with Gasteiger partial charge in [-0.2, -0.15) is 0 Å². The number of rotatable bonds is 7. The summed E-state index contributed by atoms with van der Waals surface area (Å²) in [5.74, 6) is 1.05. The molecule has 1 aliphatic rings.